The molecule has 8 nitrogen and oxygen atoms in total. The summed E-state index contributed by atoms with van der Waals surface area (Å²) in [5.74, 6) is 0.691. The van der Waals surface area contributed by atoms with Crippen molar-refractivity contribution in [1.82, 2.24) is 23.1 Å². The molecule has 3 aromatic rings. The minimum absolute atomic E-state index is 0.222. The first-order valence-corrected chi connectivity index (χ1v) is 7.67. The highest BCUT2D eigenvalue weighted by Gasteiger charge is 2.19. The molecule has 0 atom stereocenters. The van der Waals surface area contributed by atoms with Crippen LogP contribution in [0.4, 0.5) is 0 Å². The van der Waals surface area contributed by atoms with Gasteiger partial charge in [0.05, 0.1) is 13.2 Å². The summed E-state index contributed by atoms with van der Waals surface area (Å²) in [6.07, 6.45) is 2.86. The van der Waals surface area contributed by atoms with Crippen molar-refractivity contribution in [3.8, 4) is 0 Å². The Balaban J connectivity index is 2.40. The van der Waals surface area contributed by atoms with Crippen molar-refractivity contribution in [3.63, 3.8) is 0 Å². The van der Waals surface area contributed by atoms with Gasteiger partial charge in [-0.05, 0) is 13.3 Å². The van der Waals surface area contributed by atoms with Gasteiger partial charge in [-0.25, -0.2) is 4.79 Å². The van der Waals surface area contributed by atoms with Gasteiger partial charge in [0.2, 0.25) is 5.78 Å². The number of fused-ring (bicyclic) bond motifs is 3. The molecule has 0 saturated heterocycles. The predicted octanol–water partition coefficient (Wildman–Crippen LogP) is 0.514. The summed E-state index contributed by atoms with van der Waals surface area (Å²) in [7, 11) is 3.18. The molecule has 0 unspecified atom stereocenters. The van der Waals surface area contributed by atoms with Gasteiger partial charge >= 0.3 is 5.69 Å². The van der Waals surface area contributed by atoms with E-state index in [1.807, 2.05) is 13.1 Å². The normalized spacial score (nSPS) is 11.8. The van der Waals surface area contributed by atoms with Gasteiger partial charge in [0.25, 0.3) is 5.56 Å². The highest BCUT2D eigenvalue weighted by atomic mass is 16.5. The summed E-state index contributed by atoms with van der Waals surface area (Å²) < 4.78 is 11.5. The molecule has 0 aliphatic carbocycles. The van der Waals surface area contributed by atoms with Crippen molar-refractivity contribution >= 4 is 16.9 Å². The summed E-state index contributed by atoms with van der Waals surface area (Å²) in [5.41, 5.74) is 1.16. The molecule has 124 valence electrons. The van der Waals surface area contributed by atoms with Gasteiger partial charge in [0.1, 0.15) is 0 Å². The quantitative estimate of drug-likeness (QED) is 0.687. The molecule has 0 aliphatic heterocycles. The maximum atomic E-state index is 12.8. The van der Waals surface area contributed by atoms with Crippen LogP contribution < -0.4 is 11.2 Å². The molecule has 0 spiro atoms. The van der Waals surface area contributed by atoms with Crippen LogP contribution in [-0.2, 0) is 24.9 Å². The van der Waals surface area contributed by atoms with Crippen LogP contribution in [0.5, 0.6) is 0 Å². The Bertz CT molecular complexity index is 989. The second-order valence-electron chi connectivity index (χ2n) is 5.67. The number of rotatable bonds is 5. The predicted molar refractivity (Wildman–Crippen MR) is 87.1 cm³/mol. The van der Waals surface area contributed by atoms with Gasteiger partial charge in [0.15, 0.2) is 11.2 Å². The molecule has 0 N–H and O–H groups in total. The van der Waals surface area contributed by atoms with Crippen molar-refractivity contribution in [3.05, 3.63) is 32.7 Å². The lowest BCUT2D eigenvalue weighted by molar-refractivity contribution is 0.184. The van der Waals surface area contributed by atoms with Gasteiger partial charge in [-0.2, -0.15) is 4.98 Å². The minimum atomic E-state index is -0.376. The lowest BCUT2D eigenvalue weighted by Crippen LogP contribution is -2.40. The van der Waals surface area contributed by atoms with E-state index >= 15 is 0 Å². The van der Waals surface area contributed by atoms with E-state index in [4.69, 9.17) is 4.74 Å². The summed E-state index contributed by atoms with van der Waals surface area (Å²) in [6, 6.07) is 0. The minimum Gasteiger partial charge on any atom is -0.383 e. The van der Waals surface area contributed by atoms with Crippen molar-refractivity contribution in [2.75, 3.05) is 13.7 Å². The number of imidazole rings is 2. The van der Waals surface area contributed by atoms with Crippen molar-refractivity contribution < 1.29 is 4.74 Å². The number of ether oxygens (including phenoxy) is 1. The van der Waals surface area contributed by atoms with Crippen LogP contribution >= 0.6 is 0 Å². The van der Waals surface area contributed by atoms with E-state index in [-0.39, 0.29) is 17.8 Å². The summed E-state index contributed by atoms with van der Waals surface area (Å²) >= 11 is 0. The Morgan fingerprint density at radius 2 is 1.96 bits per heavy atom. The number of aryl methyl sites for hydroxylation is 3. The molecule has 0 fully saturated rings. The van der Waals surface area contributed by atoms with E-state index in [0.29, 0.717) is 23.5 Å². The molecular weight excluding hydrogens is 298 g/mol. The zero-order valence-corrected chi connectivity index (χ0v) is 13.9. The number of methoxy groups -OCH3 is 1. The Morgan fingerprint density at radius 1 is 1.22 bits per heavy atom. The van der Waals surface area contributed by atoms with E-state index in [0.717, 1.165) is 18.7 Å². The summed E-state index contributed by atoms with van der Waals surface area (Å²) in [5, 5.41) is 0. The highest BCUT2D eigenvalue weighted by molar-refractivity contribution is 5.75. The number of hydrogen-bond donors (Lipinski definition) is 0. The molecular formula is C15H21N5O3. The average Bonchev–Trinajstić information content (AvgIpc) is 3.02. The first-order chi connectivity index (χ1) is 11.0. The fraction of sp³-hybridized carbons (Fsp3) is 0.533. The molecule has 0 saturated carbocycles. The van der Waals surface area contributed by atoms with Crippen LogP contribution in [0, 0.1) is 6.92 Å². The van der Waals surface area contributed by atoms with E-state index in [1.54, 1.807) is 18.6 Å². The van der Waals surface area contributed by atoms with Crippen LogP contribution in [0.3, 0.4) is 0 Å². The lowest BCUT2D eigenvalue weighted by atomic mass is 10.4. The van der Waals surface area contributed by atoms with E-state index in [1.165, 1.54) is 9.13 Å². The number of hydrogen-bond acceptors (Lipinski definition) is 4. The first kappa shape index (κ1) is 15.5. The average molecular weight is 319 g/mol. The maximum Gasteiger partial charge on any atom is 0.332 e. The smallest absolute Gasteiger partial charge is 0.332 e. The molecule has 0 radical (unpaired) electrons. The van der Waals surface area contributed by atoms with Crippen molar-refractivity contribution in [2.45, 2.75) is 33.4 Å². The van der Waals surface area contributed by atoms with Crippen LogP contribution in [0.1, 0.15) is 19.0 Å². The molecule has 0 aromatic carbocycles. The lowest BCUT2D eigenvalue weighted by Gasteiger charge is -2.07. The van der Waals surface area contributed by atoms with Crippen LogP contribution in [-0.4, -0.2) is 36.8 Å². The third kappa shape index (κ3) is 2.21. The molecule has 3 rings (SSSR count). The fourth-order valence-electron chi connectivity index (χ4n) is 2.93. The second-order valence-corrected chi connectivity index (χ2v) is 5.67. The van der Waals surface area contributed by atoms with Gasteiger partial charge in [0, 0.05) is 32.6 Å². The maximum absolute atomic E-state index is 12.8. The van der Waals surface area contributed by atoms with Gasteiger partial charge in [-0.15, -0.1) is 0 Å². The Labute approximate surface area is 132 Å². The van der Waals surface area contributed by atoms with Crippen molar-refractivity contribution in [2.24, 2.45) is 7.05 Å². The fourth-order valence-corrected chi connectivity index (χ4v) is 2.93. The molecule has 3 heterocycles. The summed E-state index contributed by atoms with van der Waals surface area (Å²) in [6.45, 7) is 5.42. The third-order valence-corrected chi connectivity index (χ3v) is 4.11. The SMILES string of the molecule is CCCn1c(C)cn2c3c(=O)n(CCOC)c(=O)n(C)c3nc12. The Morgan fingerprint density at radius 3 is 2.61 bits per heavy atom. The third-order valence-electron chi connectivity index (χ3n) is 4.11. The van der Waals surface area contributed by atoms with E-state index in [2.05, 4.69) is 16.5 Å². The van der Waals surface area contributed by atoms with Crippen molar-refractivity contribution in [1.29, 1.82) is 0 Å². The molecule has 0 aliphatic rings. The Hall–Kier alpha value is -2.35. The number of nitrogens with zero attached hydrogens (tertiary/aromatic N) is 5. The molecule has 0 bridgehead atoms. The largest absolute Gasteiger partial charge is 0.383 e. The molecule has 8 heteroatoms. The monoisotopic (exact) mass is 319 g/mol. The van der Waals surface area contributed by atoms with E-state index < -0.39 is 0 Å². The second kappa shape index (κ2) is 5.69. The van der Waals surface area contributed by atoms with Crippen LogP contribution in [0.2, 0.25) is 0 Å². The summed E-state index contributed by atoms with van der Waals surface area (Å²) in [4.78, 5) is 29.7. The zero-order chi connectivity index (χ0) is 16.7. The van der Waals surface area contributed by atoms with Gasteiger partial charge in [-0.1, -0.05) is 6.92 Å². The topological polar surface area (TPSA) is 75.5 Å². The van der Waals surface area contributed by atoms with E-state index in [9.17, 15) is 9.59 Å². The van der Waals surface area contributed by atoms with Gasteiger partial charge in [-0.3, -0.25) is 18.3 Å². The molecule has 23 heavy (non-hydrogen) atoms. The van der Waals surface area contributed by atoms with Crippen LogP contribution in [0.25, 0.3) is 16.9 Å². The standard InChI is InChI=1S/C15H21N5O3/c1-5-6-18-10(2)9-20-11-12(16-14(18)20)17(3)15(22)19(13(11)21)7-8-23-4/h9H,5-8H2,1-4H3. The molecule has 0 amide bonds. The number of aromatic nitrogens is 5. The molecule has 3 aromatic heterocycles. The first-order valence-electron chi connectivity index (χ1n) is 7.67. The van der Waals surface area contributed by atoms with Gasteiger partial charge < -0.3 is 9.30 Å². The zero-order valence-electron chi connectivity index (χ0n) is 13.9. The highest BCUT2D eigenvalue weighted by Crippen LogP contribution is 2.16. The van der Waals surface area contributed by atoms with Crippen LogP contribution in [0.15, 0.2) is 15.8 Å². The Kier molecular flexibility index (Phi) is 3.85.